The predicted molar refractivity (Wildman–Crippen MR) is 69.0 cm³/mol. The van der Waals surface area contributed by atoms with Crippen molar-refractivity contribution in [3.05, 3.63) is 30.3 Å². The molecule has 7 heteroatoms. The molecule has 0 aromatic heterocycles. The average molecular weight is 285 g/mol. The van der Waals surface area contributed by atoms with Gasteiger partial charge < -0.3 is 4.84 Å². The molecule has 1 aromatic carbocycles. The highest BCUT2D eigenvalue weighted by atomic mass is 32.2. The Bertz CT molecular complexity index is 561. The molecule has 0 unspecified atom stereocenters. The van der Waals surface area contributed by atoms with Gasteiger partial charge in [0.1, 0.15) is 0 Å². The van der Waals surface area contributed by atoms with E-state index in [1.54, 1.807) is 32.0 Å². The highest BCUT2D eigenvalue weighted by molar-refractivity contribution is 7.86. The van der Waals surface area contributed by atoms with Crippen LogP contribution in [-0.2, 0) is 23.9 Å². The quantitative estimate of drug-likeness (QED) is 0.356. The Kier molecular flexibility index (Phi) is 5.20. The van der Waals surface area contributed by atoms with Gasteiger partial charge in [0.15, 0.2) is 6.10 Å². The number of benzene rings is 1. The molecule has 0 saturated carbocycles. The number of carbonyl (C=O) groups is 1. The molecule has 104 valence electrons. The van der Waals surface area contributed by atoms with E-state index in [1.807, 2.05) is 0 Å². The van der Waals surface area contributed by atoms with E-state index in [0.29, 0.717) is 5.71 Å². The zero-order valence-corrected chi connectivity index (χ0v) is 11.7. The first-order valence-electron chi connectivity index (χ1n) is 5.53. The van der Waals surface area contributed by atoms with Gasteiger partial charge >= 0.3 is 5.97 Å². The lowest BCUT2D eigenvalue weighted by molar-refractivity contribution is -0.150. The normalized spacial score (nSPS) is 12.6. The second-order valence-electron chi connectivity index (χ2n) is 3.95. The van der Waals surface area contributed by atoms with Crippen molar-refractivity contribution >= 4 is 21.8 Å². The first-order valence-corrected chi connectivity index (χ1v) is 6.94. The zero-order chi connectivity index (χ0) is 14.5. The maximum absolute atomic E-state index is 11.8. The van der Waals surface area contributed by atoms with E-state index >= 15 is 0 Å². The molecule has 0 aliphatic carbocycles. The Hall–Kier alpha value is -1.73. The van der Waals surface area contributed by atoms with Crippen LogP contribution in [0.2, 0.25) is 0 Å². The zero-order valence-electron chi connectivity index (χ0n) is 10.9. The molecular formula is C12H15NO5S. The molecule has 0 aliphatic heterocycles. The largest absolute Gasteiger partial charge is 0.364 e. The number of hydrogen-bond donors (Lipinski definition) is 0. The highest BCUT2D eigenvalue weighted by Crippen LogP contribution is 2.14. The molecule has 0 bridgehead atoms. The van der Waals surface area contributed by atoms with Crippen LogP contribution in [0.4, 0.5) is 0 Å². The minimum Gasteiger partial charge on any atom is -0.315 e. The summed E-state index contributed by atoms with van der Waals surface area (Å²) in [6.45, 7) is 4.56. The lowest BCUT2D eigenvalue weighted by atomic mass is 10.4. The van der Waals surface area contributed by atoms with Crippen molar-refractivity contribution in [2.45, 2.75) is 31.8 Å². The van der Waals surface area contributed by atoms with Crippen LogP contribution in [0.3, 0.4) is 0 Å². The molecule has 0 aliphatic rings. The fourth-order valence-electron chi connectivity index (χ4n) is 1.08. The van der Waals surface area contributed by atoms with Crippen molar-refractivity contribution < 1.29 is 22.2 Å². The average Bonchev–Trinajstić information content (AvgIpc) is 2.36. The number of hydrogen-bond acceptors (Lipinski definition) is 6. The van der Waals surface area contributed by atoms with E-state index in [1.165, 1.54) is 19.1 Å². The van der Waals surface area contributed by atoms with Crippen molar-refractivity contribution in [2.24, 2.45) is 5.16 Å². The van der Waals surface area contributed by atoms with Gasteiger partial charge in [0.05, 0.1) is 10.6 Å². The van der Waals surface area contributed by atoms with Crippen molar-refractivity contribution in [1.82, 2.24) is 0 Å². The van der Waals surface area contributed by atoms with Crippen LogP contribution in [0.25, 0.3) is 0 Å². The molecule has 19 heavy (non-hydrogen) atoms. The number of carbonyl (C=O) groups excluding carboxylic acids is 1. The molecule has 0 saturated heterocycles. The second-order valence-corrected chi connectivity index (χ2v) is 5.53. The molecular weight excluding hydrogens is 270 g/mol. The summed E-state index contributed by atoms with van der Waals surface area (Å²) in [4.78, 5) is 15.9. The number of nitrogens with zero attached hydrogens (tertiary/aromatic N) is 1. The van der Waals surface area contributed by atoms with E-state index in [2.05, 4.69) is 9.99 Å². The van der Waals surface area contributed by atoms with Crippen LogP contribution >= 0.6 is 0 Å². The molecule has 1 atom stereocenters. The predicted octanol–water partition coefficient (Wildman–Crippen LogP) is 1.72. The maximum atomic E-state index is 11.8. The highest BCUT2D eigenvalue weighted by Gasteiger charge is 2.25. The summed E-state index contributed by atoms with van der Waals surface area (Å²) < 4.78 is 28.4. The second kappa shape index (κ2) is 6.44. The van der Waals surface area contributed by atoms with Gasteiger partial charge in [-0.05, 0) is 32.9 Å². The van der Waals surface area contributed by atoms with Gasteiger partial charge in [-0.15, -0.1) is 0 Å². The molecule has 0 spiro atoms. The first kappa shape index (κ1) is 15.3. The van der Waals surface area contributed by atoms with Gasteiger partial charge in [0, 0.05) is 0 Å². The summed E-state index contributed by atoms with van der Waals surface area (Å²) in [5.74, 6) is -0.874. The van der Waals surface area contributed by atoms with E-state index in [4.69, 9.17) is 4.18 Å². The van der Waals surface area contributed by atoms with E-state index in [9.17, 15) is 13.2 Å². The third-order valence-electron chi connectivity index (χ3n) is 1.95. The Balaban J connectivity index is 2.74. The van der Waals surface area contributed by atoms with Crippen LogP contribution in [-0.4, -0.2) is 26.2 Å². The Labute approximate surface area is 112 Å². The third kappa shape index (κ3) is 4.80. The first-order chi connectivity index (χ1) is 8.83. The standard InChI is InChI=1S/C12H15NO5S/c1-9(2)13-17-12(14)10(3)18-19(15,16)11-7-5-4-6-8-11/h4-8,10H,1-3H3/t10-/m0/s1. The summed E-state index contributed by atoms with van der Waals surface area (Å²) in [7, 11) is -3.99. The van der Waals surface area contributed by atoms with Gasteiger partial charge in [0.25, 0.3) is 10.1 Å². The van der Waals surface area contributed by atoms with Crippen LogP contribution in [0.5, 0.6) is 0 Å². The SMILES string of the molecule is CC(C)=NOC(=O)[C@H](C)OS(=O)(=O)c1ccccc1. The summed E-state index contributed by atoms with van der Waals surface area (Å²) >= 11 is 0. The molecule has 0 radical (unpaired) electrons. The van der Waals surface area contributed by atoms with E-state index in [0.717, 1.165) is 0 Å². The third-order valence-corrected chi connectivity index (χ3v) is 3.34. The summed E-state index contributed by atoms with van der Waals surface area (Å²) in [6, 6.07) is 7.55. The minimum absolute atomic E-state index is 0.0233. The van der Waals surface area contributed by atoms with Gasteiger partial charge in [-0.2, -0.15) is 8.42 Å². The van der Waals surface area contributed by atoms with Crippen molar-refractivity contribution in [2.75, 3.05) is 0 Å². The summed E-state index contributed by atoms with van der Waals surface area (Å²) in [6.07, 6.45) is -1.27. The molecule has 6 nitrogen and oxygen atoms in total. The number of oxime groups is 1. The van der Waals surface area contributed by atoms with Crippen LogP contribution in [0.15, 0.2) is 40.4 Å². The fraction of sp³-hybridized carbons (Fsp3) is 0.333. The monoisotopic (exact) mass is 285 g/mol. The smallest absolute Gasteiger partial charge is 0.315 e. The molecule has 1 aromatic rings. The molecule has 0 heterocycles. The Morgan fingerprint density at radius 2 is 1.79 bits per heavy atom. The van der Waals surface area contributed by atoms with Crippen molar-refractivity contribution in [3.8, 4) is 0 Å². The van der Waals surface area contributed by atoms with E-state index in [-0.39, 0.29) is 4.90 Å². The number of rotatable bonds is 5. The Morgan fingerprint density at radius 1 is 1.21 bits per heavy atom. The van der Waals surface area contributed by atoms with Crippen molar-refractivity contribution in [1.29, 1.82) is 0 Å². The van der Waals surface area contributed by atoms with Crippen LogP contribution < -0.4 is 0 Å². The van der Waals surface area contributed by atoms with Crippen LogP contribution in [0, 0.1) is 0 Å². The van der Waals surface area contributed by atoms with E-state index < -0.39 is 22.2 Å². The Morgan fingerprint density at radius 3 is 2.32 bits per heavy atom. The van der Waals surface area contributed by atoms with Gasteiger partial charge in [-0.3, -0.25) is 4.18 Å². The molecule has 0 amide bonds. The molecule has 1 rings (SSSR count). The van der Waals surface area contributed by atoms with Crippen LogP contribution in [0.1, 0.15) is 20.8 Å². The lowest BCUT2D eigenvalue weighted by Gasteiger charge is -2.10. The van der Waals surface area contributed by atoms with Gasteiger partial charge in [-0.1, -0.05) is 23.4 Å². The van der Waals surface area contributed by atoms with Crippen molar-refractivity contribution in [3.63, 3.8) is 0 Å². The molecule has 0 N–H and O–H groups in total. The minimum atomic E-state index is -3.99. The summed E-state index contributed by atoms with van der Waals surface area (Å²) in [5.41, 5.74) is 0.534. The fourth-order valence-corrected chi connectivity index (χ4v) is 2.14. The summed E-state index contributed by atoms with van der Waals surface area (Å²) in [5, 5.41) is 3.44. The van der Waals surface area contributed by atoms with Gasteiger partial charge in [0.2, 0.25) is 0 Å². The lowest BCUT2D eigenvalue weighted by Crippen LogP contribution is -2.25. The topological polar surface area (TPSA) is 82.0 Å². The van der Waals surface area contributed by atoms with Gasteiger partial charge in [-0.25, -0.2) is 4.79 Å². The maximum Gasteiger partial charge on any atom is 0.364 e. The molecule has 0 fully saturated rings.